The summed E-state index contributed by atoms with van der Waals surface area (Å²) >= 11 is 0. The van der Waals surface area contributed by atoms with E-state index in [-0.39, 0.29) is 6.10 Å². The summed E-state index contributed by atoms with van der Waals surface area (Å²) in [5.74, 6) is 2.40. The average Bonchev–Trinajstić information content (AvgIpc) is 2.77. The van der Waals surface area contributed by atoms with Crippen molar-refractivity contribution in [1.29, 1.82) is 0 Å². The molecule has 0 bridgehead atoms. The number of rotatable bonds is 8. The molecule has 1 atom stereocenters. The van der Waals surface area contributed by atoms with Crippen LogP contribution in [0.25, 0.3) is 11.1 Å². The first-order valence-electron chi connectivity index (χ1n) is 10.5. The Morgan fingerprint density at radius 3 is 2.80 bits per heavy atom. The molecule has 1 aromatic heterocycles. The predicted octanol–water partition coefficient (Wildman–Crippen LogP) is 2.75. The Bertz CT molecular complexity index is 847. The molecule has 7 nitrogen and oxygen atoms in total. The van der Waals surface area contributed by atoms with E-state index in [9.17, 15) is 5.11 Å². The highest BCUT2D eigenvalue weighted by atomic mass is 16.5. The zero-order chi connectivity index (χ0) is 20.9. The molecule has 1 aromatic carbocycles. The van der Waals surface area contributed by atoms with Gasteiger partial charge in [-0.05, 0) is 42.7 Å². The minimum Gasteiger partial charge on any atom is -0.493 e. The highest BCUT2D eigenvalue weighted by Gasteiger charge is 2.27. The first-order chi connectivity index (χ1) is 14.7. The quantitative estimate of drug-likeness (QED) is 0.712. The summed E-state index contributed by atoms with van der Waals surface area (Å²) in [6.07, 6.45) is 3.65. The smallest absolute Gasteiger partial charge is 0.221 e. The molecule has 2 aliphatic heterocycles. The first kappa shape index (κ1) is 20.9. The van der Waals surface area contributed by atoms with Crippen LogP contribution in [0.2, 0.25) is 0 Å². The summed E-state index contributed by atoms with van der Waals surface area (Å²) in [4.78, 5) is 6.52. The van der Waals surface area contributed by atoms with Crippen molar-refractivity contribution in [2.24, 2.45) is 5.92 Å². The Morgan fingerprint density at radius 2 is 2.10 bits per heavy atom. The van der Waals surface area contributed by atoms with Crippen LogP contribution in [0.15, 0.2) is 30.5 Å². The van der Waals surface area contributed by atoms with Gasteiger partial charge in [0.25, 0.3) is 0 Å². The second-order valence-corrected chi connectivity index (χ2v) is 7.97. The second kappa shape index (κ2) is 9.64. The molecule has 3 heterocycles. The Labute approximate surface area is 177 Å². The highest BCUT2D eigenvalue weighted by molar-refractivity contribution is 5.72. The molecule has 7 heteroatoms. The summed E-state index contributed by atoms with van der Waals surface area (Å²) < 4.78 is 23.1. The maximum atomic E-state index is 9.70. The monoisotopic (exact) mass is 414 g/mol. The number of β-amino-alcohol motifs (C(OH)–C–C–N with tert-alkyl or cyclic N) is 1. The van der Waals surface area contributed by atoms with Crippen LogP contribution in [-0.4, -0.2) is 68.2 Å². The second-order valence-electron chi connectivity index (χ2n) is 7.97. The standard InChI is InChI=1S/C23H30N2O5/c1-27-21-10-17(20-6-3-7-24-23(20)28-2)9-18(11-25-12-19(26)13-25)22(21)30-15-16-5-4-8-29-14-16/h3,6-7,9-10,16,19,26H,4-5,8,11-15H2,1-2H3. The van der Waals surface area contributed by atoms with Crippen LogP contribution in [0.3, 0.4) is 0 Å². The third-order valence-corrected chi connectivity index (χ3v) is 5.68. The van der Waals surface area contributed by atoms with E-state index < -0.39 is 0 Å². The average molecular weight is 415 g/mol. The maximum absolute atomic E-state index is 9.70. The van der Waals surface area contributed by atoms with E-state index in [4.69, 9.17) is 18.9 Å². The van der Waals surface area contributed by atoms with Crippen LogP contribution < -0.4 is 14.2 Å². The Kier molecular flexibility index (Phi) is 6.72. The summed E-state index contributed by atoms with van der Waals surface area (Å²) in [7, 11) is 3.28. The van der Waals surface area contributed by atoms with E-state index in [1.165, 1.54) is 0 Å². The maximum Gasteiger partial charge on any atom is 0.221 e. The van der Waals surface area contributed by atoms with Crippen molar-refractivity contribution in [3.63, 3.8) is 0 Å². The van der Waals surface area contributed by atoms with Crippen molar-refractivity contribution in [2.45, 2.75) is 25.5 Å². The number of aliphatic hydroxyl groups excluding tert-OH is 1. The Morgan fingerprint density at radius 1 is 1.23 bits per heavy atom. The molecule has 4 rings (SSSR count). The van der Waals surface area contributed by atoms with Gasteiger partial charge >= 0.3 is 0 Å². The van der Waals surface area contributed by atoms with Crippen molar-refractivity contribution < 1.29 is 24.1 Å². The lowest BCUT2D eigenvalue weighted by Crippen LogP contribution is -2.49. The van der Waals surface area contributed by atoms with E-state index in [0.717, 1.165) is 48.5 Å². The number of pyridine rings is 1. The lowest BCUT2D eigenvalue weighted by atomic mass is 10.0. The molecule has 1 N–H and O–H groups in total. The van der Waals surface area contributed by atoms with Gasteiger partial charge in [0.1, 0.15) is 0 Å². The third-order valence-electron chi connectivity index (χ3n) is 5.68. The SMILES string of the molecule is COc1cc(-c2cccnc2OC)cc(CN2CC(O)C2)c1OCC1CCCOC1. The molecule has 2 aromatic rings. The van der Waals surface area contributed by atoms with E-state index in [1.807, 2.05) is 18.2 Å². The summed E-state index contributed by atoms with van der Waals surface area (Å²) in [5, 5.41) is 9.70. The molecule has 2 saturated heterocycles. The molecule has 0 spiro atoms. The number of aliphatic hydroxyl groups is 1. The van der Waals surface area contributed by atoms with Gasteiger partial charge in [-0.15, -0.1) is 0 Å². The van der Waals surface area contributed by atoms with E-state index in [0.29, 0.717) is 43.8 Å². The fraction of sp³-hybridized carbons (Fsp3) is 0.522. The van der Waals surface area contributed by atoms with Gasteiger partial charge in [-0.2, -0.15) is 0 Å². The Hall–Kier alpha value is -2.35. The van der Waals surface area contributed by atoms with Crippen LogP contribution in [0, 0.1) is 5.92 Å². The minimum absolute atomic E-state index is 0.253. The van der Waals surface area contributed by atoms with E-state index in [2.05, 4.69) is 16.0 Å². The zero-order valence-electron chi connectivity index (χ0n) is 17.7. The molecule has 0 aliphatic carbocycles. The summed E-state index contributed by atoms with van der Waals surface area (Å²) in [5.41, 5.74) is 2.88. The number of aromatic nitrogens is 1. The van der Waals surface area contributed by atoms with E-state index >= 15 is 0 Å². The largest absolute Gasteiger partial charge is 0.493 e. The molecule has 2 aliphatic rings. The molecule has 30 heavy (non-hydrogen) atoms. The van der Waals surface area contributed by atoms with Crippen LogP contribution in [0.1, 0.15) is 18.4 Å². The van der Waals surface area contributed by atoms with Gasteiger partial charge in [0.15, 0.2) is 11.5 Å². The van der Waals surface area contributed by atoms with Crippen LogP contribution in [-0.2, 0) is 11.3 Å². The van der Waals surface area contributed by atoms with Gasteiger partial charge in [-0.1, -0.05) is 0 Å². The molecule has 2 fully saturated rings. The number of hydrogen-bond acceptors (Lipinski definition) is 7. The molecule has 0 saturated carbocycles. The lowest BCUT2D eigenvalue weighted by Gasteiger charge is -2.36. The molecular formula is C23H30N2O5. The number of benzene rings is 1. The van der Waals surface area contributed by atoms with Gasteiger partial charge in [-0.25, -0.2) is 4.98 Å². The third kappa shape index (κ3) is 4.69. The fourth-order valence-corrected chi connectivity index (χ4v) is 4.07. The number of nitrogens with zero attached hydrogens (tertiary/aromatic N) is 2. The van der Waals surface area contributed by atoms with Gasteiger partial charge in [0.2, 0.25) is 5.88 Å². The molecule has 0 radical (unpaired) electrons. The Balaban J connectivity index is 1.65. The summed E-state index contributed by atoms with van der Waals surface area (Å²) in [6, 6.07) is 7.96. The van der Waals surface area contributed by atoms with Crippen molar-refractivity contribution in [1.82, 2.24) is 9.88 Å². The number of likely N-dealkylation sites (tertiary alicyclic amines) is 1. The van der Waals surface area contributed by atoms with Gasteiger partial charge in [0.05, 0.1) is 33.5 Å². The van der Waals surface area contributed by atoms with E-state index in [1.54, 1.807) is 20.4 Å². The van der Waals surface area contributed by atoms with Crippen LogP contribution >= 0.6 is 0 Å². The fourth-order valence-electron chi connectivity index (χ4n) is 4.07. The number of hydrogen-bond donors (Lipinski definition) is 1. The molecule has 1 unspecified atom stereocenters. The van der Waals surface area contributed by atoms with Gasteiger partial charge in [-0.3, -0.25) is 4.90 Å². The van der Waals surface area contributed by atoms with Crippen LogP contribution in [0.4, 0.5) is 0 Å². The molecule has 0 amide bonds. The van der Waals surface area contributed by atoms with Crippen molar-refractivity contribution in [3.8, 4) is 28.5 Å². The normalized spacial score (nSPS) is 19.9. The van der Waals surface area contributed by atoms with Crippen molar-refractivity contribution >= 4 is 0 Å². The van der Waals surface area contributed by atoms with Gasteiger partial charge < -0.3 is 24.1 Å². The first-order valence-corrected chi connectivity index (χ1v) is 10.5. The summed E-state index contributed by atoms with van der Waals surface area (Å²) in [6.45, 7) is 4.18. The predicted molar refractivity (Wildman–Crippen MR) is 113 cm³/mol. The number of ether oxygens (including phenoxy) is 4. The zero-order valence-corrected chi connectivity index (χ0v) is 17.7. The highest BCUT2D eigenvalue weighted by Crippen LogP contribution is 2.40. The molecule has 162 valence electrons. The molecular weight excluding hydrogens is 384 g/mol. The van der Waals surface area contributed by atoms with Gasteiger partial charge in [0, 0.05) is 49.5 Å². The minimum atomic E-state index is -0.253. The number of methoxy groups -OCH3 is 2. The van der Waals surface area contributed by atoms with Crippen LogP contribution in [0.5, 0.6) is 17.4 Å². The van der Waals surface area contributed by atoms with Crippen molar-refractivity contribution in [2.75, 3.05) is 47.1 Å². The topological polar surface area (TPSA) is 73.3 Å². The lowest BCUT2D eigenvalue weighted by molar-refractivity contribution is -0.00372. The van der Waals surface area contributed by atoms with Crippen molar-refractivity contribution in [3.05, 3.63) is 36.0 Å².